The van der Waals surface area contributed by atoms with Gasteiger partial charge in [0.05, 0.1) is 12.2 Å². The molecule has 134 valence electrons. The summed E-state index contributed by atoms with van der Waals surface area (Å²) in [7, 11) is 0. The molecule has 0 aliphatic heterocycles. The molecule has 1 N–H and O–H groups in total. The summed E-state index contributed by atoms with van der Waals surface area (Å²) < 4.78 is 7.49. The van der Waals surface area contributed by atoms with Gasteiger partial charge in [-0.15, -0.1) is 0 Å². The van der Waals surface area contributed by atoms with E-state index in [9.17, 15) is 4.79 Å². The fraction of sp³-hybridized carbons (Fsp3) is 0.211. The predicted octanol–water partition coefficient (Wildman–Crippen LogP) is 3.78. The van der Waals surface area contributed by atoms with Crippen LogP contribution in [-0.4, -0.2) is 26.3 Å². The van der Waals surface area contributed by atoms with Crippen LogP contribution < -0.4 is 10.1 Å². The number of pyridine rings is 1. The summed E-state index contributed by atoms with van der Waals surface area (Å²) in [6.07, 6.45) is 3.52. The van der Waals surface area contributed by atoms with Gasteiger partial charge < -0.3 is 10.1 Å². The number of nitrogens with zero attached hydrogens (tertiary/aromatic N) is 3. The lowest BCUT2D eigenvalue weighted by Crippen LogP contribution is -2.42. The molecule has 3 aromatic rings. The average Bonchev–Trinajstić information content (AvgIpc) is 3.04. The van der Waals surface area contributed by atoms with Crippen molar-refractivity contribution in [2.24, 2.45) is 0 Å². The minimum absolute atomic E-state index is 0.296. The van der Waals surface area contributed by atoms with Crippen LogP contribution in [0, 0.1) is 0 Å². The maximum atomic E-state index is 12.5. The van der Waals surface area contributed by atoms with Gasteiger partial charge in [0, 0.05) is 23.5 Å². The third-order valence-corrected chi connectivity index (χ3v) is 3.92. The summed E-state index contributed by atoms with van der Waals surface area (Å²) in [5, 5.41) is 7.74. The Bertz CT molecular complexity index is 876. The Labute approximate surface area is 156 Å². The molecule has 0 fully saturated rings. The lowest BCUT2D eigenvalue weighted by Gasteiger charge is -2.24. The number of nitrogens with one attached hydrogen (secondary N) is 1. The second kappa shape index (κ2) is 7.58. The number of amides is 1. The Morgan fingerprint density at radius 2 is 1.96 bits per heavy atom. The Kier molecular flexibility index (Phi) is 5.23. The smallest absolute Gasteiger partial charge is 0.269 e. The maximum Gasteiger partial charge on any atom is 0.269 e. The van der Waals surface area contributed by atoms with E-state index in [4.69, 9.17) is 16.3 Å². The van der Waals surface area contributed by atoms with E-state index in [0.717, 1.165) is 5.69 Å². The van der Waals surface area contributed by atoms with E-state index in [-0.39, 0.29) is 5.91 Å². The third kappa shape index (κ3) is 4.61. The van der Waals surface area contributed by atoms with Crippen molar-refractivity contribution >= 4 is 23.3 Å². The number of hydrogen-bond donors (Lipinski definition) is 1. The van der Waals surface area contributed by atoms with Gasteiger partial charge in [0.15, 0.2) is 11.4 Å². The fourth-order valence-electron chi connectivity index (χ4n) is 2.28. The van der Waals surface area contributed by atoms with Crippen molar-refractivity contribution in [1.82, 2.24) is 14.8 Å². The van der Waals surface area contributed by atoms with Gasteiger partial charge in [0.25, 0.3) is 5.91 Å². The summed E-state index contributed by atoms with van der Waals surface area (Å²) >= 11 is 5.86. The number of carbonyl (C=O) groups excluding carboxylic acids is 1. The molecule has 2 aromatic heterocycles. The van der Waals surface area contributed by atoms with Crippen molar-refractivity contribution in [1.29, 1.82) is 0 Å². The largest absolute Gasteiger partial charge is 0.478 e. The maximum absolute atomic E-state index is 12.5. The van der Waals surface area contributed by atoms with E-state index in [1.54, 1.807) is 61.3 Å². The number of rotatable bonds is 6. The summed E-state index contributed by atoms with van der Waals surface area (Å²) in [5.74, 6) is 0.726. The number of ether oxygens (including phenoxy) is 1. The molecule has 2 heterocycles. The quantitative estimate of drug-likeness (QED) is 0.717. The highest BCUT2D eigenvalue weighted by Crippen LogP contribution is 2.22. The van der Waals surface area contributed by atoms with Crippen LogP contribution in [0.1, 0.15) is 19.5 Å². The van der Waals surface area contributed by atoms with E-state index in [2.05, 4.69) is 15.4 Å². The fourth-order valence-corrected chi connectivity index (χ4v) is 2.41. The highest BCUT2D eigenvalue weighted by atomic mass is 35.5. The first-order chi connectivity index (χ1) is 12.4. The van der Waals surface area contributed by atoms with E-state index in [1.165, 1.54) is 0 Å². The van der Waals surface area contributed by atoms with Gasteiger partial charge in [-0.25, -0.2) is 0 Å². The molecule has 0 unspecified atom stereocenters. The molecule has 0 bridgehead atoms. The van der Waals surface area contributed by atoms with Crippen LogP contribution >= 0.6 is 11.6 Å². The Morgan fingerprint density at radius 1 is 1.19 bits per heavy atom. The van der Waals surface area contributed by atoms with Crippen molar-refractivity contribution in [2.75, 3.05) is 5.32 Å². The lowest BCUT2D eigenvalue weighted by molar-refractivity contribution is -0.128. The van der Waals surface area contributed by atoms with Crippen LogP contribution in [-0.2, 0) is 11.3 Å². The van der Waals surface area contributed by atoms with Gasteiger partial charge >= 0.3 is 0 Å². The van der Waals surface area contributed by atoms with Crippen LogP contribution in [0.4, 0.5) is 5.82 Å². The zero-order valence-corrected chi connectivity index (χ0v) is 15.3. The van der Waals surface area contributed by atoms with Crippen molar-refractivity contribution in [2.45, 2.75) is 26.0 Å². The molecule has 0 saturated heterocycles. The van der Waals surface area contributed by atoms with Crippen LogP contribution in [0.15, 0.2) is 60.9 Å². The molecule has 0 atom stereocenters. The molecular weight excluding hydrogens is 352 g/mol. The zero-order chi connectivity index (χ0) is 18.6. The Balaban J connectivity index is 1.62. The van der Waals surface area contributed by atoms with Gasteiger partial charge in [-0.3, -0.25) is 14.5 Å². The topological polar surface area (TPSA) is 69.0 Å². The van der Waals surface area contributed by atoms with Gasteiger partial charge in [-0.1, -0.05) is 17.7 Å². The molecule has 1 aromatic carbocycles. The van der Waals surface area contributed by atoms with Gasteiger partial charge in [0.1, 0.15) is 5.75 Å². The molecule has 3 rings (SSSR count). The summed E-state index contributed by atoms with van der Waals surface area (Å²) in [4.78, 5) is 16.8. The second-order valence-electron chi connectivity index (χ2n) is 6.24. The lowest BCUT2D eigenvalue weighted by atomic mass is 10.1. The molecule has 0 aliphatic rings. The average molecular weight is 371 g/mol. The van der Waals surface area contributed by atoms with E-state index < -0.39 is 5.60 Å². The summed E-state index contributed by atoms with van der Waals surface area (Å²) in [5.41, 5.74) is -0.182. The minimum Gasteiger partial charge on any atom is -0.478 e. The highest BCUT2D eigenvalue weighted by molar-refractivity contribution is 6.30. The molecule has 0 spiro atoms. The predicted molar refractivity (Wildman–Crippen MR) is 100 cm³/mol. The van der Waals surface area contributed by atoms with Gasteiger partial charge in [-0.2, -0.15) is 5.10 Å². The molecule has 0 saturated carbocycles. The number of aromatic nitrogens is 3. The number of carbonyl (C=O) groups is 1. The SMILES string of the molecule is CC(C)(Oc1ccc(Cl)cc1)C(=O)Nc1ccn(Cc2ccccn2)n1. The number of halogens is 1. The Morgan fingerprint density at radius 3 is 2.65 bits per heavy atom. The standard InChI is InChI=1S/C19H19ClN4O2/c1-19(2,26-16-8-6-14(20)7-9-16)18(25)22-17-10-12-24(23-17)13-15-5-3-4-11-21-15/h3-12H,13H2,1-2H3,(H,22,23,25). The minimum atomic E-state index is -1.07. The highest BCUT2D eigenvalue weighted by Gasteiger charge is 2.30. The Hall–Kier alpha value is -2.86. The molecule has 0 aliphatic carbocycles. The van der Waals surface area contributed by atoms with Gasteiger partial charge in [-0.05, 0) is 50.2 Å². The zero-order valence-electron chi connectivity index (χ0n) is 14.5. The van der Waals surface area contributed by atoms with E-state index in [1.807, 2.05) is 18.2 Å². The molecule has 1 amide bonds. The van der Waals surface area contributed by atoms with Crippen LogP contribution in [0.5, 0.6) is 5.75 Å². The molecule has 26 heavy (non-hydrogen) atoms. The first kappa shape index (κ1) is 17.9. The van der Waals surface area contributed by atoms with E-state index >= 15 is 0 Å². The van der Waals surface area contributed by atoms with Crippen molar-refractivity contribution in [3.8, 4) is 5.75 Å². The normalized spacial score (nSPS) is 11.2. The monoisotopic (exact) mass is 370 g/mol. The van der Waals surface area contributed by atoms with Crippen molar-refractivity contribution in [3.05, 3.63) is 71.6 Å². The molecule has 6 nitrogen and oxygen atoms in total. The molecule has 7 heteroatoms. The third-order valence-electron chi connectivity index (χ3n) is 3.67. The van der Waals surface area contributed by atoms with Crippen LogP contribution in [0.25, 0.3) is 0 Å². The number of benzene rings is 1. The second-order valence-corrected chi connectivity index (χ2v) is 6.68. The van der Waals surface area contributed by atoms with Crippen LogP contribution in [0.2, 0.25) is 5.02 Å². The number of hydrogen-bond acceptors (Lipinski definition) is 4. The molecule has 0 radical (unpaired) electrons. The van der Waals surface area contributed by atoms with Crippen molar-refractivity contribution in [3.63, 3.8) is 0 Å². The molecular formula is C19H19ClN4O2. The first-order valence-electron chi connectivity index (χ1n) is 8.12. The van der Waals surface area contributed by atoms with Crippen LogP contribution in [0.3, 0.4) is 0 Å². The summed E-state index contributed by atoms with van der Waals surface area (Å²) in [6, 6.07) is 14.3. The first-order valence-corrected chi connectivity index (χ1v) is 8.49. The van der Waals surface area contributed by atoms with Crippen molar-refractivity contribution < 1.29 is 9.53 Å². The number of anilines is 1. The summed E-state index contributed by atoms with van der Waals surface area (Å²) in [6.45, 7) is 3.92. The van der Waals surface area contributed by atoms with Gasteiger partial charge in [0.2, 0.25) is 0 Å². The van der Waals surface area contributed by atoms with E-state index in [0.29, 0.717) is 23.1 Å².